The Morgan fingerprint density at radius 2 is 1.81 bits per heavy atom. The van der Waals surface area contributed by atoms with E-state index in [0.717, 1.165) is 13.1 Å². The predicted molar refractivity (Wildman–Crippen MR) is 139 cm³/mol. The highest BCUT2D eigenvalue weighted by Gasteiger charge is 2.39. The molecule has 2 amide bonds. The molecule has 0 radical (unpaired) electrons. The van der Waals surface area contributed by atoms with Crippen molar-refractivity contribution in [2.45, 2.75) is 19.8 Å². The summed E-state index contributed by atoms with van der Waals surface area (Å²) in [7, 11) is 3.32. The Hall–Kier alpha value is -3.08. The van der Waals surface area contributed by atoms with Crippen molar-refractivity contribution in [1.82, 2.24) is 20.4 Å². The van der Waals surface area contributed by atoms with E-state index in [0.29, 0.717) is 41.6 Å². The van der Waals surface area contributed by atoms with Gasteiger partial charge in [0.1, 0.15) is 0 Å². The summed E-state index contributed by atoms with van der Waals surface area (Å²) in [6, 6.07) is 6.90. The van der Waals surface area contributed by atoms with E-state index in [1.807, 2.05) is 7.05 Å². The summed E-state index contributed by atoms with van der Waals surface area (Å²) >= 11 is 6.51. The van der Waals surface area contributed by atoms with Gasteiger partial charge in [-0.15, -0.1) is 0 Å². The topological polar surface area (TPSA) is 109 Å². The van der Waals surface area contributed by atoms with E-state index >= 15 is 0 Å². The Morgan fingerprint density at radius 1 is 1.11 bits per heavy atom. The van der Waals surface area contributed by atoms with E-state index in [9.17, 15) is 14.4 Å². The maximum Gasteiger partial charge on any atom is 0.336 e. The molecule has 0 saturated carbocycles. The first-order valence-corrected chi connectivity index (χ1v) is 12.7. The summed E-state index contributed by atoms with van der Waals surface area (Å²) < 4.78 is 16.2. The van der Waals surface area contributed by atoms with Gasteiger partial charge in [0.15, 0.2) is 0 Å². The molecule has 2 N–H and O–H groups in total. The normalized spacial score (nSPS) is 18.4. The van der Waals surface area contributed by atoms with Crippen LogP contribution in [0.25, 0.3) is 0 Å². The van der Waals surface area contributed by atoms with Gasteiger partial charge >= 0.3 is 18.0 Å². The third-order valence-corrected chi connectivity index (χ3v) is 6.67. The minimum Gasteiger partial charge on any atom is -0.466 e. The number of amides is 2. The van der Waals surface area contributed by atoms with Gasteiger partial charge in [-0.05, 0) is 32.5 Å². The quantitative estimate of drug-likeness (QED) is 0.367. The number of hydrogen-bond acceptors (Lipinski definition) is 8. The second-order valence-electron chi connectivity index (χ2n) is 8.80. The number of nitrogens with zero attached hydrogens (tertiary/aromatic N) is 2. The molecule has 2 aliphatic rings. The van der Waals surface area contributed by atoms with Gasteiger partial charge in [0.2, 0.25) is 0 Å². The van der Waals surface area contributed by atoms with Crippen molar-refractivity contribution in [2.24, 2.45) is 0 Å². The predicted octanol–water partition coefficient (Wildman–Crippen LogP) is 2.26. The Kier molecular flexibility index (Phi) is 10.4. The van der Waals surface area contributed by atoms with Gasteiger partial charge < -0.3 is 34.6 Å². The van der Waals surface area contributed by atoms with Crippen molar-refractivity contribution in [1.29, 1.82) is 0 Å². The summed E-state index contributed by atoms with van der Waals surface area (Å²) in [5.74, 6) is -1.98. The number of carbonyl (C=O) groups excluding carboxylic acids is 3. The summed E-state index contributed by atoms with van der Waals surface area (Å²) in [5.41, 5.74) is 2.04. The van der Waals surface area contributed by atoms with E-state index in [1.54, 1.807) is 43.0 Å². The zero-order valence-corrected chi connectivity index (χ0v) is 22.5. The van der Waals surface area contributed by atoms with Crippen LogP contribution in [0, 0.1) is 0 Å². The molecule has 2 heterocycles. The number of likely N-dealkylation sites (N-methyl/N-ethyl adjacent to an activating group) is 1. The third-order valence-electron chi connectivity index (χ3n) is 6.32. The Morgan fingerprint density at radius 3 is 2.46 bits per heavy atom. The zero-order chi connectivity index (χ0) is 26.9. The molecule has 0 aliphatic carbocycles. The van der Waals surface area contributed by atoms with E-state index in [2.05, 4.69) is 15.5 Å². The lowest BCUT2D eigenvalue weighted by atomic mass is 9.80. The molecule has 0 bridgehead atoms. The molecule has 3 rings (SSSR count). The van der Waals surface area contributed by atoms with Crippen LogP contribution in [0.4, 0.5) is 4.79 Å². The molecule has 1 saturated heterocycles. The number of methoxy groups -OCH3 is 1. The average molecular weight is 535 g/mol. The largest absolute Gasteiger partial charge is 0.466 e. The molecule has 202 valence electrons. The summed E-state index contributed by atoms with van der Waals surface area (Å²) in [4.78, 5) is 42.3. The lowest BCUT2D eigenvalue weighted by Gasteiger charge is -2.32. The number of allylic oxidation sites excluding steroid dienone is 1. The van der Waals surface area contributed by atoms with Crippen molar-refractivity contribution < 1.29 is 28.6 Å². The van der Waals surface area contributed by atoms with Gasteiger partial charge in [0.25, 0.3) is 0 Å². The van der Waals surface area contributed by atoms with Crippen LogP contribution in [0.1, 0.15) is 25.3 Å². The molecule has 1 unspecified atom stereocenters. The van der Waals surface area contributed by atoms with Crippen molar-refractivity contribution in [3.63, 3.8) is 0 Å². The van der Waals surface area contributed by atoms with Gasteiger partial charge in [-0.3, -0.25) is 0 Å². The zero-order valence-electron chi connectivity index (χ0n) is 21.8. The number of esters is 2. The lowest BCUT2D eigenvalue weighted by Crippen LogP contribution is -2.51. The third kappa shape index (κ3) is 7.03. The van der Waals surface area contributed by atoms with Crippen LogP contribution in [0.3, 0.4) is 0 Å². The SMILES string of the molecule is CCOC(=O)C1=C(COCCNC(=O)N2CCN(C)CC2)NC(C)=C(C(=O)OC)C1c1ccccc1Cl. The second-order valence-corrected chi connectivity index (χ2v) is 9.20. The number of piperazine rings is 1. The molecule has 10 nitrogen and oxygen atoms in total. The van der Waals surface area contributed by atoms with Gasteiger partial charge in [0, 0.05) is 43.4 Å². The van der Waals surface area contributed by atoms with E-state index in [-0.39, 0.29) is 37.0 Å². The molecule has 1 aromatic carbocycles. The van der Waals surface area contributed by atoms with Crippen molar-refractivity contribution >= 4 is 29.6 Å². The van der Waals surface area contributed by atoms with Crippen LogP contribution in [0.2, 0.25) is 5.02 Å². The number of carbonyl (C=O) groups is 3. The summed E-state index contributed by atoms with van der Waals surface area (Å²) in [6.45, 7) is 7.20. The minimum atomic E-state index is -0.808. The highest BCUT2D eigenvalue weighted by atomic mass is 35.5. The first-order chi connectivity index (χ1) is 17.8. The van der Waals surface area contributed by atoms with Gasteiger partial charge in [-0.1, -0.05) is 29.8 Å². The fourth-order valence-electron chi connectivity index (χ4n) is 4.39. The number of ether oxygens (including phenoxy) is 3. The van der Waals surface area contributed by atoms with Crippen LogP contribution in [0.15, 0.2) is 46.8 Å². The maximum atomic E-state index is 13.2. The van der Waals surface area contributed by atoms with Crippen molar-refractivity contribution in [3.8, 4) is 0 Å². The van der Waals surface area contributed by atoms with Crippen molar-refractivity contribution in [2.75, 3.05) is 66.7 Å². The molecule has 11 heteroatoms. The number of dihydropyridines is 1. The minimum absolute atomic E-state index is 0.0330. The highest BCUT2D eigenvalue weighted by Crippen LogP contribution is 2.41. The van der Waals surface area contributed by atoms with E-state index < -0.39 is 17.9 Å². The average Bonchev–Trinajstić information content (AvgIpc) is 2.88. The Bertz CT molecular complexity index is 1060. The molecule has 0 aromatic heterocycles. The first kappa shape index (κ1) is 28.5. The Labute approximate surface area is 222 Å². The number of nitrogens with one attached hydrogen (secondary N) is 2. The highest BCUT2D eigenvalue weighted by molar-refractivity contribution is 6.31. The molecule has 2 aliphatic heterocycles. The fourth-order valence-corrected chi connectivity index (χ4v) is 4.63. The number of hydrogen-bond donors (Lipinski definition) is 2. The second kappa shape index (κ2) is 13.5. The molecule has 1 aromatic rings. The molecule has 1 atom stereocenters. The number of halogens is 1. The monoisotopic (exact) mass is 534 g/mol. The fraction of sp³-hybridized carbons (Fsp3) is 0.500. The van der Waals surface area contributed by atoms with Gasteiger partial charge in [-0.2, -0.15) is 0 Å². The van der Waals surface area contributed by atoms with E-state index in [4.69, 9.17) is 25.8 Å². The first-order valence-electron chi connectivity index (χ1n) is 12.3. The van der Waals surface area contributed by atoms with Crippen molar-refractivity contribution in [3.05, 3.63) is 57.4 Å². The summed E-state index contributed by atoms with van der Waals surface area (Å²) in [5, 5.41) is 6.40. The van der Waals surface area contributed by atoms with Crippen LogP contribution in [0.5, 0.6) is 0 Å². The Balaban J connectivity index is 1.78. The summed E-state index contributed by atoms with van der Waals surface area (Å²) in [6.07, 6.45) is 0. The number of rotatable bonds is 9. The smallest absolute Gasteiger partial charge is 0.336 e. The molecule has 1 fully saturated rings. The molecule has 37 heavy (non-hydrogen) atoms. The molecular weight excluding hydrogens is 500 g/mol. The van der Waals surface area contributed by atoms with E-state index in [1.165, 1.54) is 7.11 Å². The van der Waals surface area contributed by atoms with Crippen LogP contribution >= 0.6 is 11.6 Å². The van der Waals surface area contributed by atoms with Crippen LogP contribution in [-0.2, 0) is 23.8 Å². The number of urea groups is 1. The van der Waals surface area contributed by atoms with Crippen LogP contribution in [-0.4, -0.2) is 94.5 Å². The van der Waals surface area contributed by atoms with Gasteiger partial charge in [0.05, 0.1) is 49.7 Å². The molecule has 0 spiro atoms. The van der Waals surface area contributed by atoms with Gasteiger partial charge in [-0.25, -0.2) is 14.4 Å². The maximum absolute atomic E-state index is 13.2. The number of benzene rings is 1. The van der Waals surface area contributed by atoms with Crippen LogP contribution < -0.4 is 10.6 Å². The lowest BCUT2D eigenvalue weighted by molar-refractivity contribution is -0.139. The molecular formula is C26H35ClN4O6. The standard InChI is InChI=1S/C26H35ClN4O6/c1-5-37-25(33)23-20(16-36-15-10-28-26(34)31-13-11-30(3)12-14-31)29-17(2)21(24(32)35-4)22(23)18-8-6-7-9-19(18)27/h6-9,22,29H,5,10-16H2,1-4H3,(H,28,34).